The molecular weight excluding hydrogens is 402 g/mol. The van der Waals surface area contributed by atoms with Crippen LogP contribution in [0.4, 0.5) is 4.79 Å². The molecule has 2 aromatic carbocycles. The lowest BCUT2D eigenvalue weighted by Crippen LogP contribution is -2.66. The topological polar surface area (TPSA) is 61.9 Å². The van der Waals surface area contributed by atoms with Crippen molar-refractivity contribution in [1.29, 1.82) is 0 Å². The average molecular weight is 438 g/mol. The second-order valence-electron chi connectivity index (χ2n) is 8.67. The minimum absolute atomic E-state index is 0.0413. The van der Waals surface area contributed by atoms with Crippen LogP contribution in [-0.2, 0) is 9.53 Å². The molecule has 0 spiro atoms. The molecule has 1 heterocycles. The number of ether oxygens (including phenoxy) is 1. The average Bonchev–Trinajstić information content (AvgIpc) is 2.77. The zero-order valence-electron chi connectivity index (χ0n) is 19.8. The summed E-state index contributed by atoms with van der Waals surface area (Å²) < 4.78 is 5.45. The van der Waals surface area contributed by atoms with Crippen LogP contribution in [0.25, 0.3) is 11.1 Å². The second-order valence-corrected chi connectivity index (χ2v) is 8.67. The van der Waals surface area contributed by atoms with E-state index in [1.807, 2.05) is 11.8 Å². The summed E-state index contributed by atoms with van der Waals surface area (Å²) in [5.41, 5.74) is 4.82. The van der Waals surface area contributed by atoms with E-state index in [2.05, 4.69) is 67.7 Å². The number of carbonyl (C=O) groups excluding carboxylic acids is 2. The van der Waals surface area contributed by atoms with Gasteiger partial charge in [-0.25, -0.2) is 4.79 Å². The lowest BCUT2D eigenvalue weighted by Gasteiger charge is -2.54. The maximum Gasteiger partial charge on any atom is 0.317 e. The van der Waals surface area contributed by atoms with Crippen LogP contribution >= 0.6 is 0 Å². The van der Waals surface area contributed by atoms with Crippen LogP contribution in [0.3, 0.4) is 0 Å². The van der Waals surface area contributed by atoms with Gasteiger partial charge in [-0.05, 0) is 37.0 Å². The predicted octanol–water partition coefficient (Wildman–Crippen LogP) is 4.04. The zero-order chi connectivity index (χ0) is 23.3. The number of benzene rings is 2. The van der Waals surface area contributed by atoms with Crippen molar-refractivity contribution in [2.24, 2.45) is 0 Å². The van der Waals surface area contributed by atoms with E-state index in [4.69, 9.17) is 4.74 Å². The molecule has 1 saturated heterocycles. The SMILES string of the molecule is CCCNC(=O)N(C)CC(=O)N1[C@H](COC)[C@H](c2ccc(-c3cccc(C)c3)cc2)[C@@H]1C. The Morgan fingerprint density at radius 3 is 2.47 bits per heavy atom. The molecule has 3 rings (SSSR count). The van der Waals surface area contributed by atoms with Crippen molar-refractivity contribution >= 4 is 11.9 Å². The number of hydrogen-bond donors (Lipinski definition) is 1. The van der Waals surface area contributed by atoms with Crippen LogP contribution in [0.5, 0.6) is 0 Å². The highest BCUT2D eigenvalue weighted by molar-refractivity contribution is 5.85. The molecule has 32 heavy (non-hydrogen) atoms. The van der Waals surface area contributed by atoms with Crippen LogP contribution in [-0.4, -0.2) is 67.7 Å². The lowest BCUT2D eigenvalue weighted by molar-refractivity contribution is -0.150. The first-order chi connectivity index (χ1) is 15.4. The normalized spacial score (nSPS) is 19.9. The van der Waals surface area contributed by atoms with Gasteiger partial charge in [0.1, 0.15) is 6.54 Å². The number of rotatable bonds is 8. The Hall–Kier alpha value is -2.86. The molecule has 0 aromatic heterocycles. The Bertz CT molecular complexity index is 928. The zero-order valence-corrected chi connectivity index (χ0v) is 19.8. The standard InChI is InChI=1S/C26H35N3O3/c1-6-14-27-26(31)28(4)16-24(30)29-19(3)25(23(29)17-32-5)21-12-10-20(11-13-21)22-9-7-8-18(2)15-22/h7-13,15,19,23,25H,6,14,16-17H2,1-5H3,(H,27,31)/t19-,23+,25-/m0/s1. The van der Waals surface area contributed by atoms with E-state index in [0.717, 1.165) is 6.42 Å². The molecule has 2 aromatic rings. The highest BCUT2D eigenvalue weighted by Crippen LogP contribution is 2.41. The smallest absolute Gasteiger partial charge is 0.317 e. The van der Waals surface area contributed by atoms with E-state index in [-0.39, 0.29) is 36.5 Å². The Morgan fingerprint density at radius 1 is 1.12 bits per heavy atom. The molecule has 6 heteroatoms. The van der Waals surface area contributed by atoms with E-state index in [9.17, 15) is 9.59 Å². The van der Waals surface area contributed by atoms with E-state index in [0.29, 0.717) is 13.2 Å². The first-order valence-corrected chi connectivity index (χ1v) is 11.3. The molecule has 1 fully saturated rings. The third-order valence-electron chi connectivity index (χ3n) is 6.25. The van der Waals surface area contributed by atoms with Gasteiger partial charge in [-0.1, -0.05) is 61.0 Å². The molecule has 1 N–H and O–H groups in total. The number of nitrogens with zero attached hydrogens (tertiary/aromatic N) is 2. The number of hydrogen-bond acceptors (Lipinski definition) is 3. The number of nitrogens with one attached hydrogen (secondary N) is 1. The van der Waals surface area contributed by atoms with Gasteiger partial charge in [0.05, 0.1) is 12.6 Å². The number of likely N-dealkylation sites (N-methyl/N-ethyl adjacent to an activating group) is 1. The van der Waals surface area contributed by atoms with E-state index >= 15 is 0 Å². The second kappa shape index (κ2) is 10.6. The molecule has 172 valence electrons. The molecule has 6 nitrogen and oxygen atoms in total. The summed E-state index contributed by atoms with van der Waals surface area (Å²) in [4.78, 5) is 28.4. The summed E-state index contributed by atoms with van der Waals surface area (Å²) >= 11 is 0. The summed E-state index contributed by atoms with van der Waals surface area (Å²) in [6.45, 7) is 7.28. The van der Waals surface area contributed by atoms with E-state index in [1.165, 1.54) is 27.2 Å². The lowest BCUT2D eigenvalue weighted by atomic mass is 9.75. The maximum absolute atomic E-state index is 13.0. The Balaban J connectivity index is 1.70. The number of carbonyl (C=O) groups is 2. The van der Waals surface area contributed by atoms with Gasteiger partial charge >= 0.3 is 6.03 Å². The number of amides is 3. The summed E-state index contributed by atoms with van der Waals surface area (Å²) in [6.07, 6.45) is 0.858. The van der Waals surface area contributed by atoms with Crippen molar-refractivity contribution in [2.75, 3.05) is 33.9 Å². The minimum atomic E-state index is -0.222. The van der Waals surface area contributed by atoms with Gasteiger partial charge in [0, 0.05) is 32.7 Å². The molecule has 0 unspecified atom stereocenters. The van der Waals surface area contributed by atoms with Gasteiger partial charge in [0.2, 0.25) is 5.91 Å². The Morgan fingerprint density at radius 2 is 1.84 bits per heavy atom. The predicted molar refractivity (Wildman–Crippen MR) is 128 cm³/mol. The number of methoxy groups -OCH3 is 1. The van der Waals surface area contributed by atoms with E-state index < -0.39 is 0 Å². The maximum atomic E-state index is 13.0. The first-order valence-electron chi connectivity index (χ1n) is 11.3. The van der Waals surface area contributed by atoms with Crippen molar-refractivity contribution in [1.82, 2.24) is 15.1 Å². The van der Waals surface area contributed by atoms with Gasteiger partial charge in [-0.15, -0.1) is 0 Å². The molecule has 0 aliphatic carbocycles. The molecule has 3 atom stereocenters. The molecule has 0 radical (unpaired) electrons. The highest BCUT2D eigenvalue weighted by atomic mass is 16.5. The van der Waals surface area contributed by atoms with Crippen molar-refractivity contribution < 1.29 is 14.3 Å². The number of urea groups is 1. The van der Waals surface area contributed by atoms with Crippen LogP contribution < -0.4 is 5.32 Å². The summed E-state index contributed by atoms with van der Waals surface area (Å²) in [5, 5.41) is 2.81. The molecular formula is C26H35N3O3. The van der Waals surface area contributed by atoms with Crippen molar-refractivity contribution in [3.05, 3.63) is 59.7 Å². The fourth-order valence-electron chi connectivity index (χ4n) is 4.58. The van der Waals surface area contributed by atoms with Crippen molar-refractivity contribution in [3.8, 4) is 11.1 Å². The third kappa shape index (κ3) is 5.13. The highest BCUT2D eigenvalue weighted by Gasteiger charge is 2.49. The fourth-order valence-corrected chi connectivity index (χ4v) is 4.58. The number of aryl methyl sites for hydroxylation is 1. The van der Waals surface area contributed by atoms with Gasteiger partial charge in [-0.2, -0.15) is 0 Å². The largest absolute Gasteiger partial charge is 0.383 e. The third-order valence-corrected chi connectivity index (χ3v) is 6.25. The van der Waals surface area contributed by atoms with Gasteiger partial charge in [-0.3, -0.25) is 4.79 Å². The molecule has 1 aliphatic rings. The van der Waals surface area contributed by atoms with Crippen LogP contribution in [0.2, 0.25) is 0 Å². The summed E-state index contributed by atoms with van der Waals surface area (Å²) in [6, 6.07) is 16.9. The Kier molecular flexibility index (Phi) is 7.91. The van der Waals surface area contributed by atoms with Crippen LogP contribution in [0.1, 0.15) is 37.3 Å². The minimum Gasteiger partial charge on any atom is -0.383 e. The van der Waals surface area contributed by atoms with Gasteiger partial charge < -0.3 is 19.9 Å². The quantitative estimate of drug-likeness (QED) is 0.678. The molecule has 1 aliphatic heterocycles. The first kappa shape index (κ1) is 23.8. The number of likely N-dealkylation sites (tertiary alicyclic amines) is 1. The van der Waals surface area contributed by atoms with Gasteiger partial charge in [0.25, 0.3) is 0 Å². The van der Waals surface area contributed by atoms with Crippen LogP contribution in [0, 0.1) is 6.92 Å². The fraction of sp³-hybridized carbons (Fsp3) is 0.462. The Labute approximate surface area is 191 Å². The molecule has 0 bridgehead atoms. The molecule has 0 saturated carbocycles. The van der Waals surface area contributed by atoms with Crippen LogP contribution in [0.15, 0.2) is 48.5 Å². The molecule has 3 amide bonds. The summed E-state index contributed by atoms with van der Waals surface area (Å²) in [5.74, 6) is 0.144. The van der Waals surface area contributed by atoms with Crippen molar-refractivity contribution in [3.63, 3.8) is 0 Å². The van der Waals surface area contributed by atoms with Crippen molar-refractivity contribution in [2.45, 2.75) is 45.2 Å². The van der Waals surface area contributed by atoms with Gasteiger partial charge in [0.15, 0.2) is 0 Å². The monoisotopic (exact) mass is 437 g/mol. The summed E-state index contributed by atoms with van der Waals surface area (Å²) in [7, 11) is 3.31. The van der Waals surface area contributed by atoms with E-state index in [1.54, 1.807) is 14.2 Å².